The van der Waals surface area contributed by atoms with Gasteiger partial charge < -0.3 is 10.1 Å². The number of rotatable bonds is 8. The number of aromatic nitrogens is 2. The number of anilines is 1. The predicted molar refractivity (Wildman–Crippen MR) is 80.8 cm³/mol. The van der Waals surface area contributed by atoms with Crippen LogP contribution in [-0.4, -0.2) is 30.0 Å². The number of methoxy groups -OCH3 is 1. The molecule has 19 heavy (non-hydrogen) atoms. The molecular weight excluding hydrogens is 310 g/mol. The second kappa shape index (κ2) is 8.32. The molecule has 1 heterocycles. The van der Waals surface area contributed by atoms with Crippen LogP contribution in [0.3, 0.4) is 0 Å². The summed E-state index contributed by atoms with van der Waals surface area (Å²) in [7, 11) is 1.71. The molecule has 0 saturated heterocycles. The first kappa shape index (κ1) is 16.2. The van der Waals surface area contributed by atoms with E-state index in [9.17, 15) is 4.79 Å². The zero-order valence-corrected chi connectivity index (χ0v) is 13.4. The van der Waals surface area contributed by atoms with E-state index in [-0.39, 0.29) is 11.6 Å². The van der Waals surface area contributed by atoms with Gasteiger partial charge in [0.2, 0.25) is 0 Å². The lowest BCUT2D eigenvalue weighted by Crippen LogP contribution is -2.26. The molecule has 108 valence electrons. The molecule has 5 nitrogen and oxygen atoms in total. The van der Waals surface area contributed by atoms with Crippen molar-refractivity contribution < 1.29 is 4.74 Å². The van der Waals surface area contributed by atoms with Crippen molar-refractivity contribution in [2.45, 2.75) is 39.2 Å². The van der Waals surface area contributed by atoms with Gasteiger partial charge >= 0.3 is 0 Å². The van der Waals surface area contributed by atoms with Crippen molar-refractivity contribution >= 4 is 21.6 Å². The van der Waals surface area contributed by atoms with Gasteiger partial charge in [-0.25, -0.2) is 4.68 Å². The molecule has 0 aromatic carbocycles. The third-order valence-electron chi connectivity index (χ3n) is 2.77. The Balaban J connectivity index is 2.51. The first-order valence-electron chi connectivity index (χ1n) is 6.58. The molecule has 0 aliphatic heterocycles. The van der Waals surface area contributed by atoms with Gasteiger partial charge in [-0.3, -0.25) is 4.79 Å². The lowest BCUT2D eigenvalue weighted by atomic mass is 10.2. The highest BCUT2D eigenvalue weighted by Gasteiger charge is 2.10. The third kappa shape index (κ3) is 4.95. The predicted octanol–water partition coefficient (Wildman–Crippen LogP) is 2.82. The van der Waals surface area contributed by atoms with Crippen LogP contribution in [0.5, 0.6) is 0 Å². The molecule has 0 saturated carbocycles. The minimum absolute atomic E-state index is 0.0619. The van der Waals surface area contributed by atoms with Crippen LogP contribution in [0.4, 0.5) is 5.69 Å². The van der Waals surface area contributed by atoms with Crippen molar-refractivity contribution in [3.8, 4) is 0 Å². The molecule has 0 unspecified atom stereocenters. The summed E-state index contributed by atoms with van der Waals surface area (Å²) in [6, 6.07) is 0.0619. The van der Waals surface area contributed by atoms with Crippen LogP contribution in [0.1, 0.15) is 39.2 Å². The van der Waals surface area contributed by atoms with Gasteiger partial charge in [-0.15, -0.1) is 0 Å². The summed E-state index contributed by atoms with van der Waals surface area (Å²) in [5.74, 6) is 0. The van der Waals surface area contributed by atoms with Gasteiger partial charge in [0.15, 0.2) is 0 Å². The van der Waals surface area contributed by atoms with Crippen molar-refractivity contribution in [2.75, 3.05) is 25.6 Å². The van der Waals surface area contributed by atoms with E-state index in [1.54, 1.807) is 13.3 Å². The van der Waals surface area contributed by atoms with Crippen LogP contribution < -0.4 is 10.9 Å². The number of nitrogens with one attached hydrogen (secondary N) is 1. The zero-order valence-electron chi connectivity index (χ0n) is 11.8. The number of hydrogen-bond acceptors (Lipinski definition) is 4. The van der Waals surface area contributed by atoms with Gasteiger partial charge in [-0.05, 0) is 49.0 Å². The summed E-state index contributed by atoms with van der Waals surface area (Å²) in [6.07, 6.45) is 4.91. The molecule has 0 aliphatic rings. The number of hydrogen-bond donors (Lipinski definition) is 1. The normalized spacial score (nSPS) is 11.0. The van der Waals surface area contributed by atoms with Gasteiger partial charge in [0.05, 0.1) is 17.9 Å². The van der Waals surface area contributed by atoms with Crippen LogP contribution in [0, 0.1) is 0 Å². The summed E-state index contributed by atoms with van der Waals surface area (Å²) in [4.78, 5) is 12.0. The Bertz CT molecular complexity index is 446. The van der Waals surface area contributed by atoms with Crippen LogP contribution in [-0.2, 0) is 4.74 Å². The second-order valence-corrected chi connectivity index (χ2v) is 5.49. The maximum Gasteiger partial charge on any atom is 0.283 e. The molecule has 0 spiro atoms. The molecule has 0 atom stereocenters. The fraction of sp³-hybridized carbons (Fsp3) is 0.692. The Morgan fingerprint density at radius 1 is 1.42 bits per heavy atom. The number of unbranched alkanes of at least 4 members (excludes halogenated alkanes) is 2. The third-order valence-corrected chi connectivity index (χ3v) is 3.54. The monoisotopic (exact) mass is 331 g/mol. The van der Waals surface area contributed by atoms with Crippen LogP contribution in [0.2, 0.25) is 0 Å². The quantitative estimate of drug-likeness (QED) is 0.744. The van der Waals surface area contributed by atoms with E-state index in [4.69, 9.17) is 4.74 Å². The zero-order chi connectivity index (χ0) is 14.3. The molecule has 0 amide bonds. The average molecular weight is 332 g/mol. The molecule has 1 N–H and O–H groups in total. The molecule has 1 rings (SSSR count). The highest BCUT2D eigenvalue weighted by Crippen LogP contribution is 2.17. The summed E-state index contributed by atoms with van der Waals surface area (Å²) in [5, 5.41) is 7.39. The number of halogens is 1. The SMILES string of the molecule is COCCCCCNc1cnn(C(C)C)c(=O)c1Br. The molecule has 1 aromatic heterocycles. The highest BCUT2D eigenvalue weighted by molar-refractivity contribution is 9.10. The topological polar surface area (TPSA) is 56.1 Å². The summed E-state index contributed by atoms with van der Waals surface area (Å²) < 4.78 is 7.01. The molecular formula is C13H22BrN3O2. The van der Waals surface area contributed by atoms with Crippen molar-refractivity contribution in [3.63, 3.8) is 0 Å². The van der Waals surface area contributed by atoms with Crippen molar-refractivity contribution in [1.29, 1.82) is 0 Å². The summed E-state index contributed by atoms with van der Waals surface area (Å²) in [5.41, 5.74) is 0.660. The van der Waals surface area contributed by atoms with E-state index in [1.165, 1.54) is 4.68 Å². The molecule has 0 radical (unpaired) electrons. The lowest BCUT2D eigenvalue weighted by molar-refractivity contribution is 0.192. The Labute approximate surface area is 122 Å². The van der Waals surface area contributed by atoms with E-state index in [0.29, 0.717) is 4.47 Å². The number of nitrogens with zero attached hydrogens (tertiary/aromatic N) is 2. The molecule has 0 aliphatic carbocycles. The van der Waals surface area contributed by atoms with Crippen LogP contribution >= 0.6 is 15.9 Å². The Morgan fingerprint density at radius 3 is 2.79 bits per heavy atom. The molecule has 0 bridgehead atoms. The second-order valence-electron chi connectivity index (χ2n) is 4.70. The number of ether oxygens (including phenoxy) is 1. The average Bonchev–Trinajstić information content (AvgIpc) is 2.38. The minimum Gasteiger partial charge on any atom is -0.385 e. The summed E-state index contributed by atoms with van der Waals surface area (Å²) >= 11 is 3.34. The Kier molecular flexibility index (Phi) is 7.09. The van der Waals surface area contributed by atoms with E-state index in [2.05, 4.69) is 26.3 Å². The lowest BCUT2D eigenvalue weighted by Gasteiger charge is -2.12. The highest BCUT2D eigenvalue weighted by atomic mass is 79.9. The molecule has 1 aromatic rings. The first-order chi connectivity index (χ1) is 9.07. The standard InChI is InChI=1S/C13H22BrN3O2/c1-10(2)17-13(18)12(14)11(9-16-17)15-7-5-4-6-8-19-3/h9-10,15H,4-8H2,1-3H3. The van der Waals surface area contributed by atoms with Gasteiger partial charge in [0.1, 0.15) is 4.47 Å². The maximum atomic E-state index is 12.0. The fourth-order valence-corrected chi connectivity index (χ4v) is 2.13. The molecule has 0 fully saturated rings. The Hall–Kier alpha value is -0.880. The fourth-order valence-electron chi connectivity index (χ4n) is 1.71. The van der Waals surface area contributed by atoms with Crippen molar-refractivity contribution in [3.05, 3.63) is 21.0 Å². The van der Waals surface area contributed by atoms with Gasteiger partial charge in [-0.2, -0.15) is 5.10 Å². The molecule has 6 heteroatoms. The summed E-state index contributed by atoms with van der Waals surface area (Å²) in [6.45, 7) is 5.50. The van der Waals surface area contributed by atoms with Gasteiger partial charge in [0.25, 0.3) is 5.56 Å². The van der Waals surface area contributed by atoms with Gasteiger partial charge in [-0.1, -0.05) is 0 Å². The Morgan fingerprint density at radius 2 is 2.16 bits per heavy atom. The smallest absolute Gasteiger partial charge is 0.283 e. The van der Waals surface area contributed by atoms with Crippen molar-refractivity contribution in [1.82, 2.24) is 9.78 Å². The van der Waals surface area contributed by atoms with Crippen LogP contribution in [0.25, 0.3) is 0 Å². The van der Waals surface area contributed by atoms with Gasteiger partial charge in [0, 0.05) is 20.3 Å². The van der Waals surface area contributed by atoms with E-state index < -0.39 is 0 Å². The largest absolute Gasteiger partial charge is 0.385 e. The first-order valence-corrected chi connectivity index (χ1v) is 7.37. The minimum atomic E-state index is -0.0978. The van der Waals surface area contributed by atoms with Crippen molar-refractivity contribution in [2.24, 2.45) is 0 Å². The maximum absolute atomic E-state index is 12.0. The van der Waals surface area contributed by atoms with E-state index in [0.717, 1.165) is 38.1 Å². The van der Waals surface area contributed by atoms with E-state index >= 15 is 0 Å². The van der Waals surface area contributed by atoms with E-state index in [1.807, 2.05) is 13.8 Å². The van der Waals surface area contributed by atoms with Crippen LogP contribution in [0.15, 0.2) is 15.5 Å².